The normalized spacial score (nSPS) is 33.7. The Morgan fingerprint density at radius 3 is 2.65 bits per heavy atom. The monoisotopic (exact) mass is 240 g/mol. The molecule has 1 amide bonds. The van der Waals surface area contributed by atoms with Crippen LogP contribution in [0, 0.1) is 11.8 Å². The van der Waals surface area contributed by atoms with E-state index >= 15 is 0 Å². The van der Waals surface area contributed by atoms with Crippen LogP contribution in [0.5, 0.6) is 0 Å². The van der Waals surface area contributed by atoms with Crippen LogP contribution in [0.15, 0.2) is 0 Å². The Balaban J connectivity index is 2.08. The van der Waals surface area contributed by atoms with Crippen LogP contribution in [-0.4, -0.2) is 47.6 Å². The van der Waals surface area contributed by atoms with Gasteiger partial charge in [0.2, 0.25) is 5.91 Å². The van der Waals surface area contributed by atoms with Crippen molar-refractivity contribution in [2.24, 2.45) is 11.8 Å². The summed E-state index contributed by atoms with van der Waals surface area (Å²) in [6.45, 7) is 4.17. The van der Waals surface area contributed by atoms with Crippen LogP contribution in [-0.2, 0) is 9.59 Å². The van der Waals surface area contributed by atoms with Crippen molar-refractivity contribution in [1.82, 2.24) is 10.2 Å². The number of nitrogens with one attached hydrogen (secondary N) is 1. The number of carboxylic acids is 1. The van der Waals surface area contributed by atoms with Gasteiger partial charge in [0, 0.05) is 13.1 Å². The quantitative estimate of drug-likeness (QED) is 0.728. The summed E-state index contributed by atoms with van der Waals surface area (Å²) in [4.78, 5) is 25.1. The van der Waals surface area contributed by atoms with E-state index in [4.69, 9.17) is 5.11 Å². The first-order chi connectivity index (χ1) is 8.11. The predicted octanol–water partition coefficient (Wildman–Crippen LogP) is 0.308. The molecule has 0 bridgehead atoms. The number of hydrogen-bond donors (Lipinski definition) is 2. The molecule has 2 aliphatic heterocycles. The second kappa shape index (κ2) is 5.04. The molecule has 0 aromatic heterocycles. The minimum absolute atomic E-state index is 0.0228. The molecule has 2 heterocycles. The summed E-state index contributed by atoms with van der Waals surface area (Å²) in [7, 11) is 0. The fourth-order valence-corrected chi connectivity index (χ4v) is 2.81. The van der Waals surface area contributed by atoms with E-state index in [0.29, 0.717) is 25.4 Å². The minimum atomic E-state index is -0.864. The molecule has 0 aliphatic carbocycles. The molecular formula is C12H20N2O3. The first kappa shape index (κ1) is 12.4. The van der Waals surface area contributed by atoms with Crippen molar-refractivity contribution >= 4 is 11.9 Å². The van der Waals surface area contributed by atoms with Gasteiger partial charge in [-0.15, -0.1) is 0 Å². The maximum Gasteiger partial charge on any atom is 0.326 e. The molecule has 2 saturated heterocycles. The average Bonchev–Trinajstić information content (AvgIpc) is 2.74. The number of piperidine rings is 1. The van der Waals surface area contributed by atoms with E-state index < -0.39 is 12.0 Å². The lowest BCUT2D eigenvalue weighted by Crippen LogP contribution is -2.51. The highest BCUT2D eigenvalue weighted by Crippen LogP contribution is 2.24. The van der Waals surface area contributed by atoms with Crippen LogP contribution >= 0.6 is 0 Å². The lowest BCUT2D eigenvalue weighted by Gasteiger charge is -2.35. The number of likely N-dealkylation sites (tertiary alicyclic amines) is 1. The highest BCUT2D eigenvalue weighted by atomic mass is 16.4. The van der Waals surface area contributed by atoms with Crippen molar-refractivity contribution in [3.05, 3.63) is 0 Å². The summed E-state index contributed by atoms with van der Waals surface area (Å²) < 4.78 is 0. The van der Waals surface area contributed by atoms with Gasteiger partial charge < -0.3 is 15.3 Å². The number of aliphatic carboxylic acids is 1. The molecule has 3 atom stereocenters. The molecule has 2 rings (SSSR count). The lowest BCUT2D eigenvalue weighted by molar-refractivity contribution is -0.154. The molecule has 5 nitrogen and oxygen atoms in total. The van der Waals surface area contributed by atoms with Gasteiger partial charge in [-0.3, -0.25) is 4.79 Å². The zero-order chi connectivity index (χ0) is 12.4. The van der Waals surface area contributed by atoms with E-state index in [1.165, 1.54) is 0 Å². The summed E-state index contributed by atoms with van der Waals surface area (Å²) in [6.07, 6.45) is 2.42. The number of carbonyl (C=O) groups is 2. The largest absolute Gasteiger partial charge is 0.480 e. The van der Waals surface area contributed by atoms with Crippen molar-refractivity contribution in [2.45, 2.75) is 32.2 Å². The molecule has 2 aliphatic rings. The number of nitrogens with zero attached hydrogens (tertiary/aromatic N) is 1. The smallest absolute Gasteiger partial charge is 0.326 e. The van der Waals surface area contributed by atoms with Crippen molar-refractivity contribution < 1.29 is 14.7 Å². The van der Waals surface area contributed by atoms with E-state index in [9.17, 15) is 9.59 Å². The van der Waals surface area contributed by atoms with Crippen molar-refractivity contribution in [1.29, 1.82) is 0 Å². The van der Waals surface area contributed by atoms with Gasteiger partial charge in [-0.2, -0.15) is 0 Å². The SMILES string of the molecule is C[C@@H]1CNC[C@H]1C(=O)N1CCCC[C@@H]1C(=O)O. The van der Waals surface area contributed by atoms with Crippen LogP contribution in [0.3, 0.4) is 0 Å². The van der Waals surface area contributed by atoms with Gasteiger partial charge in [0.1, 0.15) is 6.04 Å². The maximum atomic E-state index is 12.3. The molecule has 2 fully saturated rings. The Labute approximate surface area is 101 Å². The molecule has 17 heavy (non-hydrogen) atoms. The first-order valence-electron chi connectivity index (χ1n) is 6.35. The fourth-order valence-electron chi connectivity index (χ4n) is 2.81. The van der Waals surface area contributed by atoms with Crippen molar-refractivity contribution in [3.8, 4) is 0 Å². The van der Waals surface area contributed by atoms with Crippen LogP contribution in [0.1, 0.15) is 26.2 Å². The molecule has 0 unspecified atom stereocenters. The summed E-state index contributed by atoms with van der Waals surface area (Å²) in [6, 6.07) is -0.607. The summed E-state index contributed by atoms with van der Waals surface area (Å²) >= 11 is 0. The van der Waals surface area contributed by atoms with Gasteiger partial charge in [0.25, 0.3) is 0 Å². The number of amides is 1. The number of rotatable bonds is 2. The van der Waals surface area contributed by atoms with Crippen LogP contribution in [0.2, 0.25) is 0 Å². The van der Waals surface area contributed by atoms with Gasteiger partial charge in [0.15, 0.2) is 0 Å². The molecule has 0 aromatic carbocycles. The van der Waals surface area contributed by atoms with E-state index in [0.717, 1.165) is 19.4 Å². The van der Waals surface area contributed by atoms with Crippen molar-refractivity contribution in [3.63, 3.8) is 0 Å². The summed E-state index contributed by atoms with van der Waals surface area (Å²) in [5, 5.41) is 12.3. The van der Waals surface area contributed by atoms with Gasteiger partial charge in [-0.25, -0.2) is 4.79 Å². The third-order valence-corrected chi connectivity index (χ3v) is 3.91. The molecular weight excluding hydrogens is 220 g/mol. The Morgan fingerprint density at radius 2 is 2.06 bits per heavy atom. The third kappa shape index (κ3) is 2.44. The zero-order valence-corrected chi connectivity index (χ0v) is 10.2. The molecule has 0 aromatic rings. The minimum Gasteiger partial charge on any atom is -0.480 e. The van der Waals surface area contributed by atoms with Crippen LogP contribution in [0.25, 0.3) is 0 Å². The van der Waals surface area contributed by atoms with E-state index in [-0.39, 0.29) is 11.8 Å². The average molecular weight is 240 g/mol. The second-order valence-corrected chi connectivity index (χ2v) is 5.12. The molecule has 2 N–H and O–H groups in total. The molecule has 96 valence electrons. The number of carboxylic acid groups (broad SMARTS) is 1. The lowest BCUT2D eigenvalue weighted by atomic mass is 9.93. The highest BCUT2D eigenvalue weighted by molar-refractivity contribution is 5.85. The van der Waals surface area contributed by atoms with Gasteiger partial charge in [-0.1, -0.05) is 6.92 Å². The first-order valence-corrected chi connectivity index (χ1v) is 6.35. The van der Waals surface area contributed by atoms with E-state index in [1.54, 1.807) is 4.90 Å². The number of carbonyl (C=O) groups excluding carboxylic acids is 1. The zero-order valence-electron chi connectivity index (χ0n) is 10.2. The standard InChI is InChI=1S/C12H20N2O3/c1-8-6-13-7-9(8)11(15)14-5-3-2-4-10(14)12(16)17/h8-10,13H,2-7H2,1H3,(H,16,17)/t8-,9-,10-/m1/s1. The van der Waals surface area contributed by atoms with Gasteiger partial charge >= 0.3 is 5.97 Å². The molecule has 5 heteroatoms. The summed E-state index contributed by atoms with van der Waals surface area (Å²) in [5.41, 5.74) is 0. The summed E-state index contributed by atoms with van der Waals surface area (Å²) in [5.74, 6) is -0.583. The molecule has 0 radical (unpaired) electrons. The van der Waals surface area contributed by atoms with Crippen LogP contribution < -0.4 is 5.32 Å². The topological polar surface area (TPSA) is 69.6 Å². The molecule has 0 saturated carbocycles. The van der Waals surface area contributed by atoms with E-state index in [1.807, 2.05) is 6.92 Å². The second-order valence-electron chi connectivity index (χ2n) is 5.12. The Morgan fingerprint density at radius 1 is 1.29 bits per heavy atom. The van der Waals surface area contributed by atoms with E-state index in [2.05, 4.69) is 5.32 Å². The third-order valence-electron chi connectivity index (χ3n) is 3.91. The van der Waals surface area contributed by atoms with Gasteiger partial charge in [0.05, 0.1) is 5.92 Å². The Bertz CT molecular complexity index is 319. The molecule has 0 spiro atoms. The predicted molar refractivity (Wildman–Crippen MR) is 62.5 cm³/mol. The number of hydrogen-bond acceptors (Lipinski definition) is 3. The maximum absolute atomic E-state index is 12.3. The van der Waals surface area contributed by atoms with Gasteiger partial charge in [-0.05, 0) is 31.7 Å². The van der Waals surface area contributed by atoms with Crippen molar-refractivity contribution in [2.75, 3.05) is 19.6 Å². The Kier molecular flexibility index (Phi) is 3.66. The highest BCUT2D eigenvalue weighted by Gasteiger charge is 2.38. The Hall–Kier alpha value is -1.10. The fraction of sp³-hybridized carbons (Fsp3) is 0.833. The van der Waals surface area contributed by atoms with Crippen LogP contribution in [0.4, 0.5) is 0 Å².